The maximum atomic E-state index is 12.6. The van der Waals surface area contributed by atoms with Crippen LogP contribution < -0.4 is 20.1 Å². The molecule has 3 aromatic carbocycles. The number of aromatic carboxylic acids is 1. The summed E-state index contributed by atoms with van der Waals surface area (Å²) < 4.78 is 12.0. The molecule has 43 heavy (non-hydrogen) atoms. The Morgan fingerprint density at radius 1 is 0.837 bits per heavy atom. The average Bonchev–Trinajstić information content (AvgIpc) is 3.00. The van der Waals surface area contributed by atoms with Crippen molar-refractivity contribution in [1.82, 2.24) is 10.3 Å². The Morgan fingerprint density at radius 3 is 2.19 bits per heavy atom. The number of carboxylic acids is 1. The van der Waals surface area contributed by atoms with E-state index in [1.54, 1.807) is 36.5 Å². The fraction of sp³-hybridized carbons (Fsp3) is 0.235. The van der Waals surface area contributed by atoms with Crippen LogP contribution in [0.2, 0.25) is 0 Å². The Labute approximate surface area is 249 Å². The van der Waals surface area contributed by atoms with Crippen LogP contribution in [0.25, 0.3) is 0 Å². The predicted octanol–water partition coefficient (Wildman–Crippen LogP) is 6.18. The van der Waals surface area contributed by atoms with E-state index in [0.717, 1.165) is 42.6 Å². The molecule has 1 aliphatic carbocycles. The number of aryl methyl sites for hydroxylation is 1. The molecule has 1 aliphatic rings. The number of rotatable bonds is 10. The van der Waals surface area contributed by atoms with Crippen LogP contribution >= 0.6 is 0 Å². The molecule has 0 saturated heterocycles. The number of aromatic nitrogens is 1. The lowest BCUT2D eigenvalue weighted by Crippen LogP contribution is -2.39. The maximum absolute atomic E-state index is 12.6. The summed E-state index contributed by atoms with van der Waals surface area (Å²) in [5.41, 5.74) is 2.63. The van der Waals surface area contributed by atoms with Gasteiger partial charge in [-0.1, -0.05) is 36.4 Å². The van der Waals surface area contributed by atoms with Gasteiger partial charge >= 0.3 is 5.97 Å². The second kappa shape index (κ2) is 13.7. The first kappa shape index (κ1) is 29.3. The Hall–Kier alpha value is -5.18. The second-order valence-electron chi connectivity index (χ2n) is 10.5. The van der Waals surface area contributed by atoms with Crippen molar-refractivity contribution in [2.45, 2.75) is 51.2 Å². The van der Waals surface area contributed by atoms with Crippen LogP contribution in [0.3, 0.4) is 0 Å². The van der Waals surface area contributed by atoms with Gasteiger partial charge in [-0.3, -0.25) is 9.59 Å². The number of carbonyl (C=O) groups is 3. The molecule has 5 rings (SSSR count). The highest BCUT2D eigenvalue weighted by Crippen LogP contribution is 2.27. The first-order valence-electron chi connectivity index (χ1n) is 14.2. The van der Waals surface area contributed by atoms with E-state index in [4.69, 9.17) is 9.47 Å². The third kappa shape index (κ3) is 7.97. The van der Waals surface area contributed by atoms with Gasteiger partial charge in [0.2, 0.25) is 11.8 Å². The van der Waals surface area contributed by atoms with Crippen molar-refractivity contribution in [3.63, 3.8) is 0 Å². The van der Waals surface area contributed by atoms with Gasteiger partial charge in [0, 0.05) is 23.9 Å². The van der Waals surface area contributed by atoms with Gasteiger partial charge in [-0.15, -0.1) is 0 Å². The van der Waals surface area contributed by atoms with Crippen molar-refractivity contribution in [2.24, 2.45) is 0 Å². The van der Waals surface area contributed by atoms with Crippen molar-refractivity contribution in [3.05, 3.63) is 113 Å². The molecule has 0 bridgehead atoms. The first-order chi connectivity index (χ1) is 20.8. The van der Waals surface area contributed by atoms with E-state index >= 15 is 0 Å². The fourth-order valence-corrected chi connectivity index (χ4v) is 5.05. The molecule has 1 saturated carbocycles. The maximum Gasteiger partial charge on any atom is 0.337 e. The van der Waals surface area contributed by atoms with Gasteiger partial charge in [0.05, 0.1) is 23.8 Å². The van der Waals surface area contributed by atoms with E-state index in [9.17, 15) is 19.5 Å². The Kier molecular flexibility index (Phi) is 9.31. The van der Waals surface area contributed by atoms with Gasteiger partial charge < -0.3 is 25.2 Å². The number of pyridine rings is 1. The molecule has 2 amide bonds. The molecular weight excluding hydrogens is 546 g/mol. The summed E-state index contributed by atoms with van der Waals surface area (Å²) in [6, 6.07) is 24.8. The molecule has 220 valence electrons. The van der Waals surface area contributed by atoms with Crippen LogP contribution in [0.5, 0.6) is 17.4 Å². The zero-order chi connectivity index (χ0) is 30.2. The number of hydrogen-bond donors (Lipinski definition) is 3. The minimum absolute atomic E-state index is 0.0215. The van der Waals surface area contributed by atoms with Crippen LogP contribution in [0.4, 0.5) is 5.69 Å². The number of amides is 2. The Balaban J connectivity index is 1.06. The van der Waals surface area contributed by atoms with Crippen molar-refractivity contribution in [3.8, 4) is 17.4 Å². The van der Waals surface area contributed by atoms with Crippen molar-refractivity contribution in [1.29, 1.82) is 0 Å². The number of benzene rings is 3. The molecule has 1 heterocycles. The molecule has 4 aromatic rings. The molecule has 1 aromatic heterocycles. The lowest BCUT2D eigenvalue weighted by atomic mass is 9.92. The Morgan fingerprint density at radius 2 is 1.51 bits per heavy atom. The molecule has 3 N–H and O–H groups in total. The Bertz CT molecular complexity index is 1580. The number of hydrogen-bond acceptors (Lipinski definition) is 6. The fourth-order valence-electron chi connectivity index (χ4n) is 5.05. The third-order valence-electron chi connectivity index (χ3n) is 7.34. The summed E-state index contributed by atoms with van der Waals surface area (Å²) in [6.07, 6.45) is 5.12. The normalized spacial score (nSPS) is 16.1. The van der Waals surface area contributed by atoms with E-state index in [0.29, 0.717) is 17.2 Å². The number of carboxylic acid groups (broad SMARTS) is 1. The van der Waals surface area contributed by atoms with Crippen molar-refractivity contribution >= 4 is 23.5 Å². The molecule has 0 unspecified atom stereocenters. The highest BCUT2D eigenvalue weighted by molar-refractivity contribution is 6.01. The smallest absolute Gasteiger partial charge is 0.337 e. The molecule has 0 spiro atoms. The first-order valence-corrected chi connectivity index (χ1v) is 14.2. The van der Waals surface area contributed by atoms with E-state index in [1.807, 2.05) is 55.5 Å². The summed E-state index contributed by atoms with van der Waals surface area (Å²) in [7, 11) is 0. The highest BCUT2D eigenvalue weighted by Gasteiger charge is 2.24. The number of nitrogens with zero attached hydrogens (tertiary/aromatic N) is 1. The van der Waals surface area contributed by atoms with Crippen LogP contribution in [0.15, 0.2) is 91.1 Å². The summed E-state index contributed by atoms with van der Waals surface area (Å²) in [5.74, 6) is 0.242. The second-order valence-corrected chi connectivity index (χ2v) is 10.5. The van der Waals surface area contributed by atoms with E-state index < -0.39 is 5.97 Å². The number of ether oxygens (including phenoxy) is 2. The average molecular weight is 580 g/mol. The van der Waals surface area contributed by atoms with Gasteiger partial charge in [-0.25, -0.2) is 9.78 Å². The molecule has 9 nitrogen and oxygen atoms in total. The monoisotopic (exact) mass is 579 g/mol. The van der Waals surface area contributed by atoms with Gasteiger partial charge in [-0.2, -0.15) is 0 Å². The van der Waals surface area contributed by atoms with Crippen LogP contribution in [0.1, 0.15) is 57.5 Å². The van der Waals surface area contributed by atoms with Crippen molar-refractivity contribution < 1.29 is 29.0 Å². The minimum Gasteiger partial charge on any atom is -0.490 e. The number of nitrogens with one attached hydrogen (secondary N) is 2. The zero-order valence-electron chi connectivity index (χ0n) is 23.8. The third-order valence-corrected chi connectivity index (χ3v) is 7.34. The van der Waals surface area contributed by atoms with Crippen LogP contribution in [0, 0.1) is 6.92 Å². The summed E-state index contributed by atoms with van der Waals surface area (Å²) >= 11 is 0. The lowest BCUT2D eigenvalue weighted by Gasteiger charge is -2.29. The topological polar surface area (TPSA) is 127 Å². The SMILES string of the molecule is Cc1ccccc1C(=O)NC1CCC(Oc2ccc(Oc3ccc(CC(=O)Nc4ccccc4C(=O)O)cn3)cc2)CC1. The standard InChI is InChI=1S/C34H33N3O6/c1-22-6-2-3-7-28(22)33(39)36-24-11-13-25(14-12-24)42-26-15-17-27(18-16-26)43-32-19-10-23(21-35-32)20-31(38)37-30-9-5-4-8-29(30)34(40)41/h2-10,15-19,21,24-25H,11-14,20H2,1H3,(H,36,39)(H,37,38)(H,40,41). The quantitative estimate of drug-likeness (QED) is 0.205. The summed E-state index contributed by atoms with van der Waals surface area (Å²) in [5, 5.41) is 15.1. The molecule has 0 atom stereocenters. The number of anilines is 1. The summed E-state index contributed by atoms with van der Waals surface area (Å²) in [4.78, 5) is 40.7. The van der Waals surface area contributed by atoms with E-state index in [1.165, 1.54) is 6.07 Å². The number of para-hydroxylation sites is 1. The van der Waals surface area contributed by atoms with E-state index in [2.05, 4.69) is 15.6 Å². The van der Waals surface area contributed by atoms with Gasteiger partial charge in [0.15, 0.2) is 0 Å². The molecule has 0 aliphatic heterocycles. The molecule has 9 heteroatoms. The molecule has 0 radical (unpaired) electrons. The predicted molar refractivity (Wildman–Crippen MR) is 162 cm³/mol. The highest BCUT2D eigenvalue weighted by atomic mass is 16.5. The van der Waals surface area contributed by atoms with Crippen LogP contribution in [-0.4, -0.2) is 40.0 Å². The zero-order valence-corrected chi connectivity index (χ0v) is 23.8. The van der Waals surface area contributed by atoms with Gasteiger partial charge in [-0.05, 0) is 86.2 Å². The van der Waals surface area contributed by atoms with Crippen molar-refractivity contribution in [2.75, 3.05) is 5.32 Å². The van der Waals surface area contributed by atoms with Gasteiger partial charge in [0.25, 0.3) is 5.91 Å². The van der Waals surface area contributed by atoms with E-state index in [-0.39, 0.29) is 41.6 Å². The minimum atomic E-state index is -1.11. The van der Waals surface area contributed by atoms with Crippen LogP contribution in [-0.2, 0) is 11.2 Å². The lowest BCUT2D eigenvalue weighted by molar-refractivity contribution is -0.115. The molecular formula is C34H33N3O6. The largest absolute Gasteiger partial charge is 0.490 e. The summed E-state index contributed by atoms with van der Waals surface area (Å²) in [6.45, 7) is 1.94. The number of carbonyl (C=O) groups excluding carboxylic acids is 2. The molecule has 1 fully saturated rings. The van der Waals surface area contributed by atoms with Gasteiger partial charge in [0.1, 0.15) is 11.5 Å².